The average Bonchev–Trinajstić information content (AvgIpc) is 1.89. The first kappa shape index (κ1) is 51.3. The van der Waals surface area contributed by atoms with E-state index >= 15 is 0 Å². The van der Waals surface area contributed by atoms with Crippen molar-refractivity contribution in [2.75, 3.05) is 0 Å². The summed E-state index contributed by atoms with van der Waals surface area (Å²) in [6, 6.07) is 74.0. The van der Waals surface area contributed by atoms with Crippen molar-refractivity contribution in [3.8, 4) is 39.3 Å². The molecule has 86 heavy (non-hydrogen) atoms. The van der Waals surface area contributed by atoms with Crippen molar-refractivity contribution in [2.24, 2.45) is 4.99 Å². The summed E-state index contributed by atoms with van der Waals surface area (Å²) >= 11 is 0. The third-order valence-electron chi connectivity index (χ3n) is 18.6. The standard InChI is InChI=1S/C78H62N8/c1-77(2)62-40-48(47-80-73(50-24-11-6-12-25-50)81-72(79)49-22-9-5-10-23-49)36-38-68(62)85-66-34-19-17-32-58(66)60-42-56(45-64(77)70(60)85)53-30-21-31-54(41-53)57-43-61-59-33-18-20-35-67(59)86-69-39-37-55(44-63(69)78(3,4)65(46-57)71(61)86)76-83-74(51-26-13-7-14-27-51)82-75(84-76)52-28-15-8-16-29-52/h5-7,9-15,17-36,38,40-46H,8,16,37,39,47H2,1-4H3,(H2,79,80,81). The Balaban J connectivity index is 0.789. The summed E-state index contributed by atoms with van der Waals surface area (Å²) in [5.41, 5.74) is 22.7. The molecule has 0 spiro atoms. The molecule has 3 aromatic heterocycles. The fraction of sp³-hybridized carbons (Fsp3) is 0.141. The van der Waals surface area contributed by atoms with Crippen molar-refractivity contribution < 1.29 is 0 Å². The number of amidine groups is 2. The minimum atomic E-state index is -0.365. The molecule has 2 aliphatic carbocycles. The van der Waals surface area contributed by atoms with Crippen LogP contribution in [0.2, 0.25) is 0 Å². The Morgan fingerprint density at radius 2 is 1.10 bits per heavy atom. The van der Waals surface area contributed by atoms with Crippen LogP contribution >= 0.6 is 0 Å². The van der Waals surface area contributed by atoms with Gasteiger partial charge in [0.15, 0.2) is 17.5 Å². The molecule has 5 heterocycles. The summed E-state index contributed by atoms with van der Waals surface area (Å²) in [5.74, 6) is 3.15. The van der Waals surface area contributed by atoms with Crippen molar-refractivity contribution in [2.45, 2.75) is 70.8 Å². The maximum absolute atomic E-state index is 8.97. The molecule has 8 heteroatoms. The van der Waals surface area contributed by atoms with E-state index in [1.165, 1.54) is 99.5 Å². The van der Waals surface area contributed by atoms with Crippen LogP contribution in [0.15, 0.2) is 241 Å². The van der Waals surface area contributed by atoms with Gasteiger partial charge in [-0.1, -0.05) is 204 Å². The van der Waals surface area contributed by atoms with E-state index in [2.05, 4.69) is 206 Å². The van der Waals surface area contributed by atoms with Gasteiger partial charge in [-0.3, -0.25) is 10.4 Å². The van der Waals surface area contributed by atoms with E-state index < -0.39 is 0 Å². The van der Waals surface area contributed by atoms with Crippen molar-refractivity contribution >= 4 is 72.1 Å². The minimum absolute atomic E-state index is 0.308. The van der Waals surface area contributed by atoms with Gasteiger partial charge >= 0.3 is 0 Å². The average molecular weight is 1110 g/mol. The van der Waals surface area contributed by atoms with Gasteiger partial charge in [-0.05, 0) is 136 Å². The topological polar surface area (TPSA) is 96.8 Å². The van der Waals surface area contributed by atoms with Gasteiger partial charge in [0, 0.05) is 60.3 Å². The molecule has 9 aromatic carbocycles. The number of hydrogen-bond donors (Lipinski definition) is 2. The molecule has 16 rings (SSSR count). The lowest BCUT2D eigenvalue weighted by Gasteiger charge is -2.38. The minimum Gasteiger partial charge on any atom is -0.325 e. The Morgan fingerprint density at radius 3 is 1.79 bits per heavy atom. The summed E-state index contributed by atoms with van der Waals surface area (Å²) in [6.07, 6.45) is 12.7. The molecule has 0 radical (unpaired) electrons. The molecule has 0 unspecified atom stereocenters. The number of aliphatic imine (C=N–C) groups is 1. The van der Waals surface area contributed by atoms with Crippen LogP contribution in [-0.2, 0) is 17.4 Å². The van der Waals surface area contributed by atoms with Crippen molar-refractivity contribution in [3.05, 3.63) is 281 Å². The smallest absolute Gasteiger partial charge is 0.164 e. The van der Waals surface area contributed by atoms with E-state index in [1.54, 1.807) is 0 Å². The van der Waals surface area contributed by atoms with Crippen molar-refractivity contribution in [1.82, 2.24) is 29.4 Å². The lowest BCUT2D eigenvalue weighted by molar-refractivity contribution is 0.625. The molecule has 414 valence electrons. The first-order valence-electron chi connectivity index (χ1n) is 30.1. The number of rotatable bonds is 9. The molecule has 2 aliphatic heterocycles. The van der Waals surface area contributed by atoms with Gasteiger partial charge in [-0.25, -0.2) is 15.0 Å². The van der Waals surface area contributed by atoms with E-state index in [4.69, 9.17) is 25.4 Å². The molecule has 0 bridgehead atoms. The van der Waals surface area contributed by atoms with Crippen LogP contribution in [0.1, 0.15) is 98.4 Å². The fourth-order valence-electron chi connectivity index (χ4n) is 14.1. The number of allylic oxidation sites excluding steroid dienone is 8. The van der Waals surface area contributed by atoms with Gasteiger partial charge in [0.05, 0.1) is 34.3 Å². The number of nitrogens with zero attached hydrogens (tertiary/aromatic N) is 6. The molecule has 0 fully saturated rings. The number of benzene rings is 9. The monoisotopic (exact) mass is 1110 g/mol. The van der Waals surface area contributed by atoms with Crippen LogP contribution in [0.4, 0.5) is 0 Å². The molecule has 0 amide bonds. The van der Waals surface area contributed by atoms with Gasteiger partial charge in [0.25, 0.3) is 0 Å². The highest BCUT2D eigenvalue weighted by Gasteiger charge is 2.40. The van der Waals surface area contributed by atoms with Crippen LogP contribution in [0.3, 0.4) is 0 Å². The van der Waals surface area contributed by atoms with E-state index in [9.17, 15) is 0 Å². The second-order valence-corrected chi connectivity index (χ2v) is 24.5. The maximum atomic E-state index is 8.97. The van der Waals surface area contributed by atoms with Gasteiger partial charge in [0.1, 0.15) is 11.7 Å². The Labute approximate surface area is 500 Å². The molecule has 4 aliphatic rings. The molecule has 0 atom stereocenters. The summed E-state index contributed by atoms with van der Waals surface area (Å²) in [4.78, 5) is 20.8. The molecule has 0 saturated carbocycles. The number of para-hydroxylation sites is 2. The first-order chi connectivity index (χ1) is 42.0. The normalized spacial score (nSPS) is 15.7. The van der Waals surface area contributed by atoms with E-state index in [1.807, 2.05) is 66.7 Å². The van der Waals surface area contributed by atoms with Crippen molar-refractivity contribution in [3.63, 3.8) is 0 Å². The van der Waals surface area contributed by atoms with Gasteiger partial charge in [0.2, 0.25) is 0 Å². The Hall–Kier alpha value is -10.3. The highest BCUT2D eigenvalue weighted by molar-refractivity contribution is 6.16. The lowest BCUT2D eigenvalue weighted by Crippen LogP contribution is -2.31. The summed E-state index contributed by atoms with van der Waals surface area (Å²) < 4.78 is 5.07. The SMILES string of the molecule is CC1(C)C2=C(CCC(c3nc(C4=CCCC=C4)nc(-c4ccccc4)n3)=C2)n2c3ccccc3c3cc(-c4cccc(-c5cc6c7c(c5)c5ccccc5n7-c5ccc(CN=C(NC(=N)c7ccccc7)c7ccccc7)cc5C6(C)C)c4)cc1c32. The number of hydrogen-bond acceptors (Lipinski definition) is 5. The summed E-state index contributed by atoms with van der Waals surface area (Å²) in [5, 5.41) is 17.4. The van der Waals surface area contributed by atoms with Crippen LogP contribution < -0.4 is 5.32 Å². The predicted octanol–water partition coefficient (Wildman–Crippen LogP) is 18.4. The zero-order valence-electron chi connectivity index (χ0n) is 48.7. The highest BCUT2D eigenvalue weighted by atomic mass is 15.1. The highest BCUT2D eigenvalue weighted by Crippen LogP contribution is 2.54. The third-order valence-corrected chi connectivity index (χ3v) is 18.6. The fourth-order valence-corrected chi connectivity index (χ4v) is 14.1. The van der Waals surface area contributed by atoms with Crippen molar-refractivity contribution in [1.29, 1.82) is 5.41 Å². The molecular weight excluding hydrogens is 1050 g/mol. The van der Waals surface area contributed by atoms with E-state index in [-0.39, 0.29) is 10.8 Å². The summed E-state index contributed by atoms with van der Waals surface area (Å²) in [6.45, 7) is 10.0. The number of fused-ring (bicyclic) bond motifs is 9. The summed E-state index contributed by atoms with van der Waals surface area (Å²) in [7, 11) is 0. The number of aromatic nitrogens is 5. The van der Waals surface area contributed by atoms with Gasteiger partial charge < -0.3 is 14.5 Å². The number of nitrogens with one attached hydrogen (secondary N) is 2. The molecule has 8 nitrogen and oxygen atoms in total. The van der Waals surface area contributed by atoms with E-state index in [0.29, 0.717) is 24.0 Å². The third kappa shape index (κ3) is 8.29. The molecule has 0 saturated heterocycles. The Morgan fingerprint density at radius 1 is 0.512 bits per heavy atom. The molecule has 12 aromatic rings. The van der Waals surface area contributed by atoms with Crippen LogP contribution in [0, 0.1) is 5.41 Å². The predicted molar refractivity (Wildman–Crippen MR) is 355 cm³/mol. The van der Waals surface area contributed by atoms with Crippen LogP contribution in [-0.4, -0.2) is 35.8 Å². The van der Waals surface area contributed by atoms with Gasteiger partial charge in [-0.15, -0.1) is 0 Å². The van der Waals surface area contributed by atoms with Crippen LogP contribution in [0.25, 0.3) is 99.8 Å². The zero-order valence-corrected chi connectivity index (χ0v) is 48.7. The second-order valence-electron chi connectivity index (χ2n) is 24.5. The first-order valence-corrected chi connectivity index (χ1v) is 30.1. The van der Waals surface area contributed by atoms with E-state index in [0.717, 1.165) is 70.7 Å². The molecule has 2 N–H and O–H groups in total. The Kier molecular flexibility index (Phi) is 11.9. The lowest BCUT2D eigenvalue weighted by atomic mass is 9.70. The van der Waals surface area contributed by atoms with Gasteiger partial charge in [-0.2, -0.15) is 0 Å². The quantitative estimate of drug-likeness (QED) is 0.111. The largest absolute Gasteiger partial charge is 0.325 e. The van der Waals surface area contributed by atoms with Crippen LogP contribution in [0.5, 0.6) is 0 Å². The second kappa shape index (κ2) is 19.9. The maximum Gasteiger partial charge on any atom is 0.164 e. The molecular formula is C78H62N8. The Bertz CT molecular complexity index is 4990. The zero-order chi connectivity index (χ0) is 57.8.